The maximum atomic E-state index is 6.02. The first-order valence-corrected chi connectivity index (χ1v) is 7.95. The first kappa shape index (κ1) is 17.1. The van der Waals surface area contributed by atoms with E-state index in [4.69, 9.17) is 49.0 Å². The van der Waals surface area contributed by atoms with Crippen LogP contribution >= 0.6 is 34.8 Å². The van der Waals surface area contributed by atoms with Gasteiger partial charge in [0, 0.05) is 24.7 Å². The monoisotopic (exact) mass is 353 g/mol. The molecule has 118 valence electrons. The van der Waals surface area contributed by atoms with E-state index in [2.05, 4.69) is 4.90 Å². The molecule has 0 unspecified atom stereocenters. The molecule has 0 radical (unpaired) electrons. The van der Waals surface area contributed by atoms with Gasteiger partial charge in [0.1, 0.15) is 6.61 Å². The van der Waals surface area contributed by atoms with Crippen molar-refractivity contribution in [3.8, 4) is 5.75 Å². The number of ether oxygens (including phenoxy) is 3. The summed E-state index contributed by atoms with van der Waals surface area (Å²) in [6.07, 6.45) is 0. The summed E-state index contributed by atoms with van der Waals surface area (Å²) in [6.45, 7) is 6.00. The van der Waals surface area contributed by atoms with Crippen molar-refractivity contribution in [2.24, 2.45) is 0 Å². The predicted molar refractivity (Wildman–Crippen MR) is 85.0 cm³/mol. The van der Waals surface area contributed by atoms with Gasteiger partial charge in [-0.2, -0.15) is 0 Å². The fraction of sp³-hybridized carbons (Fsp3) is 0.571. The van der Waals surface area contributed by atoms with Crippen LogP contribution in [0.25, 0.3) is 0 Å². The Hall–Kier alpha value is -0.230. The molecule has 1 fully saturated rings. The Morgan fingerprint density at radius 3 is 2.33 bits per heavy atom. The van der Waals surface area contributed by atoms with Crippen LogP contribution in [0, 0.1) is 0 Å². The van der Waals surface area contributed by atoms with Crippen LogP contribution in [-0.2, 0) is 9.47 Å². The van der Waals surface area contributed by atoms with E-state index in [1.807, 2.05) is 0 Å². The Labute approximate surface area is 139 Å². The minimum atomic E-state index is 0.393. The van der Waals surface area contributed by atoms with Gasteiger partial charge in [-0.1, -0.05) is 34.8 Å². The second-order valence-corrected chi connectivity index (χ2v) is 5.86. The maximum Gasteiger partial charge on any atom is 0.156 e. The topological polar surface area (TPSA) is 30.9 Å². The van der Waals surface area contributed by atoms with Crippen molar-refractivity contribution in [1.29, 1.82) is 0 Å². The average Bonchev–Trinajstić information content (AvgIpc) is 2.45. The third kappa shape index (κ3) is 5.81. The highest BCUT2D eigenvalue weighted by Gasteiger charge is 2.10. The molecule has 1 heterocycles. The van der Waals surface area contributed by atoms with E-state index < -0.39 is 0 Å². The summed E-state index contributed by atoms with van der Waals surface area (Å²) >= 11 is 17.9. The fourth-order valence-electron chi connectivity index (χ4n) is 1.99. The van der Waals surface area contributed by atoms with E-state index in [0.717, 1.165) is 32.8 Å². The van der Waals surface area contributed by atoms with Gasteiger partial charge in [0.05, 0.1) is 36.5 Å². The molecule has 0 spiro atoms. The van der Waals surface area contributed by atoms with Crippen LogP contribution in [0.2, 0.25) is 15.1 Å². The van der Waals surface area contributed by atoms with Crippen LogP contribution in [-0.4, -0.2) is 57.6 Å². The number of hydrogen-bond donors (Lipinski definition) is 0. The molecule has 0 amide bonds. The van der Waals surface area contributed by atoms with Crippen LogP contribution < -0.4 is 4.74 Å². The van der Waals surface area contributed by atoms with E-state index in [0.29, 0.717) is 40.6 Å². The van der Waals surface area contributed by atoms with Crippen molar-refractivity contribution in [3.05, 3.63) is 27.2 Å². The van der Waals surface area contributed by atoms with Crippen molar-refractivity contribution >= 4 is 34.8 Å². The van der Waals surface area contributed by atoms with E-state index in [9.17, 15) is 0 Å². The highest BCUT2D eigenvalue weighted by atomic mass is 35.5. The third-order valence-electron chi connectivity index (χ3n) is 3.09. The standard InChI is InChI=1S/C14H18Cl3NO3/c15-11-9-12(16)14(13(17)10-11)21-8-7-20-6-3-18-1-4-19-5-2-18/h9-10H,1-8H2. The lowest BCUT2D eigenvalue weighted by Crippen LogP contribution is -2.38. The van der Waals surface area contributed by atoms with Gasteiger partial charge in [0.25, 0.3) is 0 Å². The second-order valence-electron chi connectivity index (χ2n) is 4.61. The van der Waals surface area contributed by atoms with Crippen molar-refractivity contribution < 1.29 is 14.2 Å². The van der Waals surface area contributed by atoms with Gasteiger partial charge in [-0.15, -0.1) is 0 Å². The number of rotatable bonds is 7. The minimum Gasteiger partial charge on any atom is -0.488 e. The zero-order chi connectivity index (χ0) is 15.1. The maximum absolute atomic E-state index is 6.02. The summed E-state index contributed by atoms with van der Waals surface area (Å²) in [5.41, 5.74) is 0. The Bertz CT molecular complexity index is 430. The highest BCUT2D eigenvalue weighted by Crippen LogP contribution is 2.35. The Balaban J connectivity index is 1.61. The molecule has 0 aliphatic carbocycles. The normalized spacial score (nSPS) is 16.1. The first-order chi connectivity index (χ1) is 10.2. The molecule has 1 saturated heterocycles. The van der Waals surface area contributed by atoms with Crippen LogP contribution in [0.5, 0.6) is 5.75 Å². The van der Waals surface area contributed by atoms with Gasteiger partial charge >= 0.3 is 0 Å². The molecule has 1 aromatic carbocycles. The van der Waals surface area contributed by atoms with E-state index in [1.165, 1.54) is 0 Å². The van der Waals surface area contributed by atoms with Crippen LogP contribution in [0.4, 0.5) is 0 Å². The molecule has 0 atom stereocenters. The second kappa shape index (κ2) is 9.03. The summed E-state index contributed by atoms with van der Waals surface area (Å²) < 4.78 is 16.4. The molecule has 0 N–H and O–H groups in total. The van der Waals surface area contributed by atoms with Gasteiger partial charge in [-0.25, -0.2) is 0 Å². The summed E-state index contributed by atoms with van der Waals surface area (Å²) in [7, 11) is 0. The average molecular weight is 355 g/mol. The van der Waals surface area contributed by atoms with Gasteiger partial charge in [-0.05, 0) is 12.1 Å². The van der Waals surface area contributed by atoms with Gasteiger partial charge in [0.15, 0.2) is 5.75 Å². The lowest BCUT2D eigenvalue weighted by atomic mass is 10.3. The summed E-state index contributed by atoms with van der Waals surface area (Å²) in [4.78, 5) is 2.32. The highest BCUT2D eigenvalue weighted by molar-refractivity contribution is 6.40. The lowest BCUT2D eigenvalue weighted by Gasteiger charge is -2.26. The number of halogens is 3. The zero-order valence-electron chi connectivity index (χ0n) is 11.6. The van der Waals surface area contributed by atoms with Crippen molar-refractivity contribution in [1.82, 2.24) is 4.90 Å². The molecule has 0 bridgehead atoms. The molecule has 21 heavy (non-hydrogen) atoms. The quantitative estimate of drug-likeness (QED) is 0.703. The van der Waals surface area contributed by atoms with Crippen LogP contribution in [0.1, 0.15) is 0 Å². The van der Waals surface area contributed by atoms with Gasteiger partial charge in [0.2, 0.25) is 0 Å². The third-order valence-corrected chi connectivity index (χ3v) is 3.87. The smallest absolute Gasteiger partial charge is 0.156 e. The molecule has 1 aliphatic rings. The molecule has 0 aromatic heterocycles. The van der Waals surface area contributed by atoms with E-state index in [-0.39, 0.29) is 0 Å². The van der Waals surface area contributed by atoms with Gasteiger partial charge in [-0.3, -0.25) is 4.90 Å². The largest absolute Gasteiger partial charge is 0.488 e. The summed E-state index contributed by atoms with van der Waals surface area (Å²) in [5, 5.41) is 1.29. The minimum absolute atomic E-state index is 0.393. The van der Waals surface area contributed by atoms with Crippen LogP contribution in [0.15, 0.2) is 12.1 Å². The zero-order valence-corrected chi connectivity index (χ0v) is 13.9. The molecule has 1 aromatic rings. The Morgan fingerprint density at radius 1 is 1.00 bits per heavy atom. The van der Waals surface area contributed by atoms with Crippen molar-refractivity contribution in [3.63, 3.8) is 0 Å². The van der Waals surface area contributed by atoms with Gasteiger partial charge < -0.3 is 14.2 Å². The SMILES string of the molecule is Clc1cc(Cl)c(OCCOCCN2CCOCC2)c(Cl)c1. The molecule has 0 saturated carbocycles. The summed E-state index contributed by atoms with van der Waals surface area (Å²) in [5.74, 6) is 0.444. The predicted octanol–water partition coefficient (Wildman–Crippen LogP) is 3.37. The number of benzene rings is 1. The number of nitrogens with zero attached hydrogens (tertiary/aromatic N) is 1. The first-order valence-electron chi connectivity index (χ1n) is 6.82. The Morgan fingerprint density at radius 2 is 1.67 bits per heavy atom. The molecule has 7 heteroatoms. The molecule has 1 aliphatic heterocycles. The van der Waals surface area contributed by atoms with Crippen molar-refractivity contribution in [2.75, 3.05) is 52.7 Å². The van der Waals surface area contributed by atoms with E-state index in [1.54, 1.807) is 12.1 Å². The van der Waals surface area contributed by atoms with Crippen LogP contribution in [0.3, 0.4) is 0 Å². The fourth-order valence-corrected chi connectivity index (χ4v) is 2.92. The summed E-state index contributed by atoms with van der Waals surface area (Å²) in [6, 6.07) is 3.20. The lowest BCUT2D eigenvalue weighted by molar-refractivity contribution is 0.0170. The molecule has 2 rings (SSSR count). The molecule has 4 nitrogen and oxygen atoms in total. The Kier molecular flexibility index (Phi) is 7.37. The molecular weight excluding hydrogens is 337 g/mol. The number of morpholine rings is 1. The van der Waals surface area contributed by atoms with E-state index >= 15 is 0 Å². The molecular formula is C14H18Cl3NO3. The van der Waals surface area contributed by atoms with Crippen molar-refractivity contribution in [2.45, 2.75) is 0 Å². The number of hydrogen-bond acceptors (Lipinski definition) is 4.